The van der Waals surface area contributed by atoms with Crippen molar-refractivity contribution in [3.63, 3.8) is 0 Å². The van der Waals surface area contributed by atoms with Crippen molar-refractivity contribution in [3.05, 3.63) is 103 Å². The van der Waals surface area contributed by atoms with Crippen LogP contribution < -0.4 is 15.8 Å². The van der Waals surface area contributed by atoms with E-state index in [4.69, 9.17) is 16.6 Å². The molecule has 35 heavy (non-hydrogen) atoms. The van der Waals surface area contributed by atoms with Crippen molar-refractivity contribution < 1.29 is 9.90 Å². The number of hydrogen-bond donors (Lipinski definition) is 2. The molecule has 2 aromatic carbocycles. The summed E-state index contributed by atoms with van der Waals surface area (Å²) in [6.45, 7) is 7.05. The van der Waals surface area contributed by atoms with E-state index in [0.29, 0.717) is 40.8 Å². The van der Waals surface area contributed by atoms with Crippen molar-refractivity contribution in [2.24, 2.45) is 0 Å². The summed E-state index contributed by atoms with van der Waals surface area (Å²) in [5.74, 6) is -0.404. The SMILES string of the molecule is Cc1cc([C@@H](C)Nc2ccc(Cl)cc2C(=O)O)c2nc(N3Cc4ccccc4C3)c(C)c(=O)n2c1. The number of aromatic carboxylic acids is 1. The number of carbonyl (C=O) groups is 1. The molecule has 3 heterocycles. The largest absolute Gasteiger partial charge is 0.478 e. The third-order valence-corrected chi connectivity index (χ3v) is 6.72. The number of benzene rings is 2. The Morgan fingerprint density at radius 1 is 1.11 bits per heavy atom. The molecular formula is C27H25ClN4O3. The first-order chi connectivity index (χ1) is 16.7. The summed E-state index contributed by atoms with van der Waals surface area (Å²) < 4.78 is 1.59. The molecule has 178 valence electrons. The molecule has 8 heteroatoms. The van der Waals surface area contributed by atoms with Crippen molar-refractivity contribution in [2.75, 3.05) is 10.2 Å². The molecule has 2 N–H and O–H groups in total. The molecule has 0 aliphatic carbocycles. The summed E-state index contributed by atoms with van der Waals surface area (Å²) in [5.41, 5.74) is 5.72. The van der Waals surface area contributed by atoms with Crippen LogP contribution in [-0.2, 0) is 13.1 Å². The minimum absolute atomic E-state index is 0.0813. The van der Waals surface area contributed by atoms with E-state index in [1.54, 1.807) is 22.7 Å². The lowest BCUT2D eigenvalue weighted by Gasteiger charge is -2.23. The second kappa shape index (κ2) is 8.74. The maximum Gasteiger partial charge on any atom is 0.337 e. The van der Waals surface area contributed by atoms with Gasteiger partial charge in [0.1, 0.15) is 11.5 Å². The van der Waals surface area contributed by atoms with Crippen molar-refractivity contribution in [1.82, 2.24) is 9.38 Å². The lowest BCUT2D eigenvalue weighted by Crippen LogP contribution is -2.27. The predicted octanol–water partition coefficient (Wildman–Crippen LogP) is 5.36. The van der Waals surface area contributed by atoms with E-state index in [2.05, 4.69) is 22.3 Å². The van der Waals surface area contributed by atoms with E-state index in [-0.39, 0.29) is 17.2 Å². The Labute approximate surface area is 207 Å². The first-order valence-electron chi connectivity index (χ1n) is 11.4. The van der Waals surface area contributed by atoms with Crippen LogP contribution in [0.1, 0.15) is 51.1 Å². The van der Waals surface area contributed by atoms with Crippen LogP contribution in [-0.4, -0.2) is 20.5 Å². The van der Waals surface area contributed by atoms with Gasteiger partial charge in [0.2, 0.25) is 0 Å². The van der Waals surface area contributed by atoms with Crippen LogP contribution in [0, 0.1) is 13.8 Å². The molecule has 2 aromatic heterocycles. The van der Waals surface area contributed by atoms with Crippen LogP contribution in [0.2, 0.25) is 5.02 Å². The number of aryl methyl sites for hydroxylation is 1. The van der Waals surface area contributed by atoms with Gasteiger partial charge in [-0.05, 0) is 61.7 Å². The molecule has 0 bridgehead atoms. The molecule has 0 amide bonds. The van der Waals surface area contributed by atoms with Crippen LogP contribution in [0.15, 0.2) is 59.5 Å². The Morgan fingerprint density at radius 2 is 1.80 bits per heavy atom. The van der Waals surface area contributed by atoms with Crippen molar-refractivity contribution in [1.29, 1.82) is 0 Å². The van der Waals surface area contributed by atoms with Gasteiger partial charge in [0.15, 0.2) is 0 Å². The maximum absolute atomic E-state index is 13.4. The zero-order chi connectivity index (χ0) is 24.9. The van der Waals surface area contributed by atoms with Gasteiger partial charge in [-0.15, -0.1) is 0 Å². The van der Waals surface area contributed by atoms with Gasteiger partial charge < -0.3 is 15.3 Å². The van der Waals surface area contributed by atoms with Crippen LogP contribution in [0.5, 0.6) is 0 Å². The number of hydrogen-bond acceptors (Lipinski definition) is 5. The van der Waals surface area contributed by atoms with Crippen molar-refractivity contribution >= 4 is 34.7 Å². The first kappa shape index (κ1) is 22.9. The highest BCUT2D eigenvalue weighted by atomic mass is 35.5. The zero-order valence-corrected chi connectivity index (χ0v) is 20.4. The lowest BCUT2D eigenvalue weighted by molar-refractivity contribution is 0.0698. The zero-order valence-electron chi connectivity index (χ0n) is 19.7. The standard InChI is InChI=1S/C27H25ClN4O3/c1-15-10-21(17(3)29-23-9-8-20(28)11-22(23)27(34)35)25-30-24(16(2)26(33)32(25)12-15)31-13-18-6-4-5-7-19(18)14-31/h4-12,17,29H,13-14H2,1-3H3,(H,34,35)/t17-/m1/s1. The number of pyridine rings is 1. The van der Waals surface area contributed by atoms with Gasteiger partial charge in [-0.25, -0.2) is 9.78 Å². The van der Waals surface area contributed by atoms with Crippen LogP contribution >= 0.6 is 11.6 Å². The number of nitrogens with one attached hydrogen (secondary N) is 1. The van der Waals surface area contributed by atoms with Gasteiger partial charge in [-0.1, -0.05) is 35.9 Å². The van der Waals surface area contributed by atoms with E-state index in [9.17, 15) is 14.7 Å². The minimum atomic E-state index is -1.07. The van der Waals surface area contributed by atoms with E-state index in [1.807, 2.05) is 39.0 Å². The summed E-state index contributed by atoms with van der Waals surface area (Å²) in [5, 5.41) is 13.3. The molecule has 5 rings (SSSR count). The second-order valence-electron chi connectivity index (χ2n) is 9.02. The van der Waals surface area contributed by atoms with Gasteiger partial charge in [-0.3, -0.25) is 9.20 Å². The summed E-state index contributed by atoms with van der Waals surface area (Å²) in [4.78, 5) is 32.3. The summed E-state index contributed by atoms with van der Waals surface area (Å²) in [6, 6.07) is 14.6. The molecule has 4 aromatic rings. The average molecular weight is 489 g/mol. The third kappa shape index (κ3) is 4.12. The molecule has 0 radical (unpaired) electrons. The Kier molecular flexibility index (Phi) is 5.73. The van der Waals surface area contributed by atoms with E-state index in [1.165, 1.54) is 17.2 Å². The molecule has 0 fully saturated rings. The van der Waals surface area contributed by atoms with Gasteiger partial charge in [0, 0.05) is 35.6 Å². The number of halogens is 1. The monoisotopic (exact) mass is 488 g/mol. The lowest BCUT2D eigenvalue weighted by atomic mass is 10.1. The molecule has 1 aliphatic heterocycles. The Hall–Kier alpha value is -3.84. The minimum Gasteiger partial charge on any atom is -0.478 e. The topological polar surface area (TPSA) is 86.9 Å². The number of anilines is 2. The van der Waals surface area contributed by atoms with Crippen LogP contribution in [0.25, 0.3) is 5.65 Å². The normalized spacial score (nSPS) is 13.7. The summed E-state index contributed by atoms with van der Waals surface area (Å²) in [7, 11) is 0. The Morgan fingerprint density at radius 3 is 2.46 bits per heavy atom. The second-order valence-corrected chi connectivity index (χ2v) is 9.45. The number of fused-ring (bicyclic) bond motifs is 2. The average Bonchev–Trinajstić information content (AvgIpc) is 3.26. The Balaban J connectivity index is 1.60. The van der Waals surface area contributed by atoms with Gasteiger partial charge in [0.25, 0.3) is 5.56 Å². The summed E-state index contributed by atoms with van der Waals surface area (Å²) in [6.07, 6.45) is 1.79. The van der Waals surface area contributed by atoms with Gasteiger partial charge in [0.05, 0.1) is 17.2 Å². The van der Waals surface area contributed by atoms with E-state index in [0.717, 1.165) is 11.1 Å². The predicted molar refractivity (Wildman–Crippen MR) is 138 cm³/mol. The number of carboxylic acid groups (broad SMARTS) is 1. The number of carboxylic acids is 1. The van der Waals surface area contributed by atoms with Crippen molar-refractivity contribution in [3.8, 4) is 0 Å². The van der Waals surface area contributed by atoms with E-state index < -0.39 is 5.97 Å². The third-order valence-electron chi connectivity index (χ3n) is 6.48. The fourth-order valence-corrected chi connectivity index (χ4v) is 4.90. The first-order valence-corrected chi connectivity index (χ1v) is 11.8. The maximum atomic E-state index is 13.4. The molecule has 7 nitrogen and oxygen atoms in total. The molecule has 0 saturated heterocycles. The highest BCUT2D eigenvalue weighted by Gasteiger charge is 2.25. The number of nitrogens with zero attached hydrogens (tertiary/aromatic N) is 3. The highest BCUT2D eigenvalue weighted by Crippen LogP contribution is 2.31. The number of rotatable bonds is 5. The fraction of sp³-hybridized carbons (Fsp3) is 0.222. The van der Waals surface area contributed by atoms with Gasteiger partial charge >= 0.3 is 5.97 Å². The van der Waals surface area contributed by atoms with E-state index >= 15 is 0 Å². The van der Waals surface area contributed by atoms with Crippen LogP contribution in [0.3, 0.4) is 0 Å². The smallest absolute Gasteiger partial charge is 0.337 e. The van der Waals surface area contributed by atoms with Crippen molar-refractivity contribution in [2.45, 2.75) is 39.9 Å². The molecule has 1 aliphatic rings. The molecule has 0 unspecified atom stereocenters. The number of aromatic nitrogens is 2. The fourth-order valence-electron chi connectivity index (χ4n) is 4.72. The summed E-state index contributed by atoms with van der Waals surface area (Å²) >= 11 is 6.01. The molecule has 1 atom stereocenters. The molecular weight excluding hydrogens is 464 g/mol. The Bertz CT molecular complexity index is 1520. The molecule has 0 spiro atoms. The quantitative estimate of drug-likeness (QED) is 0.393. The highest BCUT2D eigenvalue weighted by molar-refractivity contribution is 6.31. The molecule has 0 saturated carbocycles. The van der Waals surface area contributed by atoms with Gasteiger partial charge in [-0.2, -0.15) is 0 Å². The van der Waals surface area contributed by atoms with Crippen LogP contribution in [0.4, 0.5) is 11.5 Å².